The molecule has 10 heteroatoms. The minimum absolute atomic E-state index is 0.221. The van der Waals surface area contributed by atoms with Crippen LogP contribution in [0.15, 0.2) is 107 Å². The minimum Gasteiger partial charge on any atom is -0.292 e. The molecule has 486 valence electrons. The lowest BCUT2D eigenvalue weighted by Gasteiger charge is -2.37. The summed E-state index contributed by atoms with van der Waals surface area (Å²) < 4.78 is 1.31. The number of fused-ring (bicyclic) bond motifs is 6. The van der Waals surface area contributed by atoms with E-state index in [0.29, 0.717) is 83.5 Å². The van der Waals surface area contributed by atoms with Crippen LogP contribution < -0.4 is 16.0 Å². The van der Waals surface area contributed by atoms with Crippen molar-refractivity contribution in [1.82, 2.24) is 14.4 Å². The van der Waals surface area contributed by atoms with Crippen LogP contribution in [0.3, 0.4) is 0 Å². The van der Waals surface area contributed by atoms with Gasteiger partial charge in [0, 0.05) is 58.2 Å². The van der Waals surface area contributed by atoms with Crippen molar-refractivity contribution in [2.45, 2.75) is 209 Å². The average molecular weight is 1270 g/mol. The first-order chi connectivity index (χ1) is 46.7. The molecule has 0 fully saturated rings. The quantitative estimate of drug-likeness (QED) is 0.0256. The fourth-order valence-electron chi connectivity index (χ4n) is 18.6. The van der Waals surface area contributed by atoms with Gasteiger partial charge in [0.25, 0.3) is 34.7 Å². The SMILES string of the molecule is CCCCCCC(CCCCCC)N1Cc2ccc3c4ccc5c6c(ccc(c7ccc(c2c37)C1)c64)C(=O)N(c1c(C)c(C)c(-n2c(=O)c3c4ccc6cccc7c8ccc9c%10c(cc(c3c2=O)c(c%108)c4c67)C(=O)N(C(CCCCCC)CCCCCC)C9=O)c(C)c1C)C5=O. The molecular weight excluding hydrogens is 1180 g/mol. The zero-order valence-electron chi connectivity index (χ0n) is 57.2. The Morgan fingerprint density at radius 2 is 0.740 bits per heavy atom. The van der Waals surface area contributed by atoms with Gasteiger partial charge in [0.1, 0.15) is 0 Å². The van der Waals surface area contributed by atoms with E-state index < -0.39 is 22.9 Å². The third-order valence-electron chi connectivity index (χ3n) is 23.5. The number of rotatable bonds is 24. The standard InChI is InChI=1S/C86H86N4O6/c1-9-13-17-21-27-54(28-22-18-14-10-2)87-45-52-33-35-57-59-38-41-63-72-64(42-39-60(71(59)72)58-36-34-53(46-87)68(52)70(57)58)83(93)89(82(63)92)79-47(5)49(7)80(50(8)48(79)6)90-85(95)77-62-37-32-51-26-25-31-56-61-40-43-65-73-67(44-66(78(77)86(90)96)76(74(61)73)75(62)69(51)56)84(94)88(81(65)91)55(29-23-19-15-11-3)30-24-20-16-12-4/h25-26,31-44,54-55H,9-24,27-30,45-46H2,1-8H3. The zero-order valence-corrected chi connectivity index (χ0v) is 57.2. The van der Waals surface area contributed by atoms with Gasteiger partial charge in [-0.05, 0) is 197 Å². The summed E-state index contributed by atoms with van der Waals surface area (Å²) in [7, 11) is 0. The molecule has 1 aromatic heterocycles. The molecule has 12 aromatic carbocycles. The highest BCUT2D eigenvalue weighted by Crippen LogP contribution is 2.52. The maximum absolute atomic E-state index is 16.1. The molecule has 0 aliphatic carbocycles. The molecule has 96 heavy (non-hydrogen) atoms. The molecule has 0 N–H and O–H groups in total. The molecule has 13 aromatic rings. The van der Waals surface area contributed by atoms with Crippen LogP contribution in [0, 0.1) is 27.7 Å². The highest BCUT2D eigenvalue weighted by molar-refractivity contribution is 6.48. The summed E-state index contributed by atoms with van der Waals surface area (Å²) in [5.41, 5.74) is 6.67. The number of benzene rings is 12. The van der Waals surface area contributed by atoms with Crippen molar-refractivity contribution < 1.29 is 19.2 Å². The third kappa shape index (κ3) is 8.98. The fraction of sp³-hybridized carbons (Fsp3) is 0.372. The summed E-state index contributed by atoms with van der Waals surface area (Å²) in [4.78, 5) is 99.7. The van der Waals surface area contributed by atoms with Crippen molar-refractivity contribution in [1.29, 1.82) is 0 Å². The second-order valence-electron chi connectivity index (χ2n) is 28.9. The number of amides is 4. The van der Waals surface area contributed by atoms with Gasteiger partial charge >= 0.3 is 0 Å². The molecule has 0 spiro atoms. The Hall–Kier alpha value is -8.86. The van der Waals surface area contributed by atoms with E-state index >= 15 is 28.8 Å². The smallest absolute Gasteiger partial charge is 0.266 e. The highest BCUT2D eigenvalue weighted by atomic mass is 16.2. The Morgan fingerprint density at radius 1 is 0.333 bits per heavy atom. The minimum atomic E-state index is -0.517. The largest absolute Gasteiger partial charge is 0.292 e. The highest BCUT2D eigenvalue weighted by Gasteiger charge is 2.42. The molecule has 4 amide bonds. The number of hydrogen-bond donors (Lipinski definition) is 0. The number of hydrogen-bond acceptors (Lipinski definition) is 7. The Labute approximate surface area is 560 Å². The van der Waals surface area contributed by atoms with E-state index in [1.54, 1.807) is 0 Å². The van der Waals surface area contributed by atoms with Crippen molar-refractivity contribution in [3.8, 4) is 5.69 Å². The second-order valence-corrected chi connectivity index (χ2v) is 28.9. The van der Waals surface area contributed by atoms with Crippen molar-refractivity contribution in [2.75, 3.05) is 4.90 Å². The van der Waals surface area contributed by atoms with Crippen molar-refractivity contribution in [3.63, 3.8) is 0 Å². The predicted octanol–water partition coefficient (Wildman–Crippen LogP) is 21.0. The van der Waals surface area contributed by atoms with E-state index in [0.717, 1.165) is 142 Å². The lowest BCUT2D eigenvalue weighted by Crippen LogP contribution is -2.47. The topological polar surface area (TPSA) is 117 Å². The molecular formula is C86H86N4O6. The van der Waals surface area contributed by atoms with Crippen LogP contribution in [0.2, 0.25) is 0 Å². The van der Waals surface area contributed by atoms with Crippen LogP contribution in [-0.2, 0) is 13.1 Å². The molecule has 10 nitrogen and oxygen atoms in total. The van der Waals surface area contributed by atoms with Crippen LogP contribution in [-0.4, -0.2) is 50.1 Å². The molecule has 0 saturated carbocycles. The predicted molar refractivity (Wildman–Crippen MR) is 397 cm³/mol. The van der Waals surface area contributed by atoms with E-state index in [4.69, 9.17) is 0 Å². The van der Waals surface area contributed by atoms with Crippen molar-refractivity contribution in [2.24, 2.45) is 0 Å². The molecule has 16 rings (SSSR count). The van der Waals surface area contributed by atoms with Crippen molar-refractivity contribution >= 4 is 137 Å². The van der Waals surface area contributed by atoms with Gasteiger partial charge in [0.15, 0.2) is 0 Å². The van der Waals surface area contributed by atoms with Gasteiger partial charge in [0.2, 0.25) is 0 Å². The first-order valence-corrected chi connectivity index (χ1v) is 36.4. The lowest BCUT2D eigenvalue weighted by molar-refractivity contribution is 0.0516. The van der Waals surface area contributed by atoms with Gasteiger partial charge in [0.05, 0.1) is 22.1 Å². The van der Waals surface area contributed by atoms with E-state index in [1.165, 1.54) is 100 Å². The summed E-state index contributed by atoms with van der Waals surface area (Å²) in [5.74, 6) is -1.48. The molecule has 0 unspecified atom stereocenters. The van der Waals surface area contributed by atoms with E-state index in [9.17, 15) is 0 Å². The Balaban J connectivity index is 0.811. The summed E-state index contributed by atoms with van der Waals surface area (Å²) >= 11 is 0. The van der Waals surface area contributed by atoms with Crippen molar-refractivity contribution in [3.05, 3.63) is 173 Å². The molecule has 0 atom stereocenters. The van der Waals surface area contributed by atoms with Crippen LogP contribution in [0.25, 0.3) is 113 Å². The van der Waals surface area contributed by atoms with Gasteiger partial charge in [-0.1, -0.05) is 203 Å². The van der Waals surface area contributed by atoms with Gasteiger partial charge in [-0.2, -0.15) is 0 Å². The monoisotopic (exact) mass is 1270 g/mol. The summed E-state index contributed by atoms with van der Waals surface area (Å²) in [5, 5.41) is 16.8. The number of imide groups is 2. The molecule has 0 saturated heterocycles. The number of anilines is 1. The Kier molecular flexibility index (Phi) is 15.5. The molecule has 0 bridgehead atoms. The van der Waals surface area contributed by atoms with Gasteiger partial charge in [-0.3, -0.25) is 38.6 Å². The molecule has 3 aliphatic rings. The Bertz CT molecular complexity index is 5380. The van der Waals surface area contributed by atoms with Crippen LogP contribution in [0.1, 0.15) is 231 Å². The summed E-state index contributed by atoms with van der Waals surface area (Å²) in [6.07, 6.45) is 22.3. The zero-order chi connectivity index (χ0) is 66.3. The third-order valence-corrected chi connectivity index (χ3v) is 23.5. The summed E-state index contributed by atoms with van der Waals surface area (Å²) in [6, 6.07) is 33.4. The van der Waals surface area contributed by atoms with Crippen LogP contribution >= 0.6 is 0 Å². The van der Waals surface area contributed by atoms with E-state index in [1.807, 2.05) is 76.2 Å². The van der Waals surface area contributed by atoms with Gasteiger partial charge in [-0.15, -0.1) is 0 Å². The molecule has 4 heterocycles. The second kappa shape index (κ2) is 24.0. The van der Waals surface area contributed by atoms with Crippen LogP contribution in [0.4, 0.5) is 5.69 Å². The number of carbonyl (C=O) groups excluding carboxylic acids is 4. The fourth-order valence-corrected chi connectivity index (χ4v) is 18.6. The van der Waals surface area contributed by atoms with E-state index in [2.05, 4.69) is 81.1 Å². The van der Waals surface area contributed by atoms with Crippen LogP contribution in [0.5, 0.6) is 0 Å². The van der Waals surface area contributed by atoms with Gasteiger partial charge < -0.3 is 0 Å². The maximum atomic E-state index is 16.1. The lowest BCUT2D eigenvalue weighted by atomic mass is 9.80. The first kappa shape index (κ1) is 62.0. The first-order valence-electron chi connectivity index (χ1n) is 36.4. The normalized spacial score (nSPS) is 14.6. The summed E-state index contributed by atoms with van der Waals surface area (Å²) in [6.45, 7) is 18.3. The average Bonchev–Trinajstić information content (AvgIpc) is 1.15. The number of nitrogens with zero attached hydrogens (tertiary/aromatic N) is 4. The molecule has 0 radical (unpaired) electrons. The maximum Gasteiger partial charge on any atom is 0.266 e. The van der Waals surface area contributed by atoms with Gasteiger partial charge in [-0.25, -0.2) is 9.47 Å². The Morgan fingerprint density at radius 3 is 1.27 bits per heavy atom. The number of carbonyl (C=O) groups is 4. The molecule has 3 aliphatic heterocycles. The van der Waals surface area contributed by atoms with E-state index in [-0.39, 0.29) is 28.6 Å². The number of unbranched alkanes of at least 4 members (excludes halogenated alkanes) is 12. The number of aromatic nitrogens is 1.